The fraction of sp³-hybridized carbons (Fsp3) is 0.267. The van der Waals surface area contributed by atoms with Crippen molar-refractivity contribution in [3.8, 4) is 0 Å². The van der Waals surface area contributed by atoms with Crippen molar-refractivity contribution in [2.24, 2.45) is 0 Å². The van der Waals surface area contributed by atoms with Crippen molar-refractivity contribution in [3.63, 3.8) is 0 Å². The molecule has 0 aliphatic heterocycles. The monoisotopic (exact) mass is 260 g/mol. The summed E-state index contributed by atoms with van der Waals surface area (Å²) >= 11 is 1.45. The first-order valence-electron chi connectivity index (χ1n) is 6.17. The van der Waals surface area contributed by atoms with E-state index in [2.05, 4.69) is 6.08 Å². The summed E-state index contributed by atoms with van der Waals surface area (Å²) in [7, 11) is 0. The van der Waals surface area contributed by atoms with Crippen LogP contribution < -0.4 is 0 Å². The first-order valence-corrected chi connectivity index (χ1v) is 6.98. The molecule has 1 aromatic heterocycles. The van der Waals surface area contributed by atoms with Crippen molar-refractivity contribution in [1.29, 1.82) is 0 Å². The lowest BCUT2D eigenvalue weighted by Gasteiger charge is -2.09. The van der Waals surface area contributed by atoms with Gasteiger partial charge in [0.25, 0.3) is 0 Å². The molecular weight excluding hydrogens is 247 g/mol. The molecule has 0 unspecified atom stereocenters. The second-order valence-electron chi connectivity index (χ2n) is 4.60. The molecule has 3 rings (SSSR count). The Labute approximate surface area is 109 Å². The fourth-order valence-electron chi connectivity index (χ4n) is 2.33. The SMILES string of the molecule is O=C(C1=CCCCC1)c1cc2cc(F)ccc2s1. The summed E-state index contributed by atoms with van der Waals surface area (Å²) in [5.41, 5.74) is 0.924. The Bertz CT molecular complexity index is 639. The molecule has 1 nitrogen and oxygen atoms in total. The average molecular weight is 260 g/mol. The van der Waals surface area contributed by atoms with Crippen molar-refractivity contribution in [3.05, 3.63) is 46.6 Å². The number of thiophene rings is 1. The molecule has 1 heterocycles. The van der Waals surface area contributed by atoms with E-state index in [1.807, 2.05) is 0 Å². The van der Waals surface area contributed by atoms with Crippen LogP contribution >= 0.6 is 11.3 Å². The number of carbonyl (C=O) groups is 1. The summed E-state index contributed by atoms with van der Waals surface area (Å²) in [6.45, 7) is 0. The van der Waals surface area contributed by atoms with Crippen LogP contribution in [0.5, 0.6) is 0 Å². The highest BCUT2D eigenvalue weighted by molar-refractivity contribution is 7.21. The zero-order chi connectivity index (χ0) is 12.5. The van der Waals surface area contributed by atoms with Crippen LogP contribution in [0.2, 0.25) is 0 Å². The largest absolute Gasteiger partial charge is 0.288 e. The maximum absolute atomic E-state index is 13.1. The summed E-state index contributed by atoms with van der Waals surface area (Å²) in [6.07, 6.45) is 6.20. The van der Waals surface area contributed by atoms with Gasteiger partial charge >= 0.3 is 0 Å². The van der Waals surface area contributed by atoms with Crippen LogP contribution in [-0.2, 0) is 0 Å². The van der Waals surface area contributed by atoms with Crippen molar-refractivity contribution in [1.82, 2.24) is 0 Å². The van der Waals surface area contributed by atoms with Crippen molar-refractivity contribution < 1.29 is 9.18 Å². The molecular formula is C15H13FOS. The molecule has 3 heteroatoms. The molecule has 0 radical (unpaired) electrons. The Morgan fingerprint density at radius 3 is 2.89 bits per heavy atom. The Morgan fingerprint density at radius 1 is 1.22 bits per heavy atom. The molecule has 0 saturated heterocycles. The second kappa shape index (κ2) is 4.65. The minimum absolute atomic E-state index is 0.122. The molecule has 0 fully saturated rings. The van der Waals surface area contributed by atoms with E-state index in [-0.39, 0.29) is 11.6 Å². The molecule has 0 amide bonds. The second-order valence-corrected chi connectivity index (χ2v) is 5.68. The zero-order valence-electron chi connectivity index (χ0n) is 9.91. The number of halogens is 1. The quantitative estimate of drug-likeness (QED) is 0.714. The van der Waals surface area contributed by atoms with E-state index in [4.69, 9.17) is 0 Å². The summed E-state index contributed by atoms with van der Waals surface area (Å²) < 4.78 is 14.1. The molecule has 1 aromatic carbocycles. The molecule has 18 heavy (non-hydrogen) atoms. The third-order valence-electron chi connectivity index (χ3n) is 3.28. The number of benzene rings is 1. The predicted molar refractivity (Wildman–Crippen MR) is 72.7 cm³/mol. The van der Waals surface area contributed by atoms with Gasteiger partial charge in [-0.25, -0.2) is 4.39 Å². The molecule has 2 aromatic rings. The third-order valence-corrected chi connectivity index (χ3v) is 4.40. The highest BCUT2D eigenvalue weighted by atomic mass is 32.1. The molecule has 1 aliphatic carbocycles. The number of carbonyl (C=O) groups excluding carboxylic acids is 1. The number of hydrogen-bond donors (Lipinski definition) is 0. The molecule has 1 aliphatic rings. The lowest BCUT2D eigenvalue weighted by Crippen LogP contribution is -2.04. The standard InChI is InChI=1S/C15H13FOS/c16-12-6-7-13-11(8-12)9-14(18-13)15(17)10-4-2-1-3-5-10/h4,6-9H,1-3,5H2. The number of ketones is 1. The van der Waals surface area contributed by atoms with E-state index in [1.165, 1.54) is 29.9 Å². The highest BCUT2D eigenvalue weighted by Gasteiger charge is 2.16. The summed E-state index contributed by atoms with van der Waals surface area (Å²) in [5.74, 6) is -0.132. The number of allylic oxidation sites excluding steroid dienone is 2. The van der Waals surface area contributed by atoms with Gasteiger partial charge in [0.05, 0.1) is 4.88 Å². The van der Waals surface area contributed by atoms with Crippen molar-refractivity contribution in [2.75, 3.05) is 0 Å². The molecule has 0 saturated carbocycles. The van der Waals surface area contributed by atoms with E-state index < -0.39 is 0 Å². The van der Waals surface area contributed by atoms with Gasteiger partial charge in [0.2, 0.25) is 0 Å². The van der Waals surface area contributed by atoms with E-state index in [9.17, 15) is 9.18 Å². The van der Waals surface area contributed by atoms with Gasteiger partial charge < -0.3 is 0 Å². The summed E-state index contributed by atoms with van der Waals surface area (Å²) in [5, 5.41) is 0.819. The number of Topliss-reactive ketones (excluding diaryl/α,β-unsaturated/α-hetero) is 1. The maximum atomic E-state index is 13.1. The smallest absolute Gasteiger partial charge is 0.198 e. The Balaban J connectivity index is 1.98. The Kier molecular flexibility index (Phi) is 3.00. The van der Waals surface area contributed by atoms with E-state index in [1.54, 1.807) is 12.1 Å². The molecule has 0 bridgehead atoms. The Hall–Kier alpha value is -1.48. The van der Waals surface area contributed by atoms with Gasteiger partial charge in [-0.05, 0) is 60.9 Å². The van der Waals surface area contributed by atoms with Gasteiger partial charge in [-0.2, -0.15) is 0 Å². The normalized spacial score (nSPS) is 15.7. The summed E-state index contributed by atoms with van der Waals surface area (Å²) in [6, 6.07) is 6.47. The number of hydrogen-bond acceptors (Lipinski definition) is 2. The topological polar surface area (TPSA) is 17.1 Å². The zero-order valence-corrected chi connectivity index (χ0v) is 10.7. The van der Waals surface area contributed by atoms with Crippen LogP contribution in [0.25, 0.3) is 10.1 Å². The van der Waals surface area contributed by atoms with Crippen LogP contribution in [0.15, 0.2) is 35.9 Å². The lowest BCUT2D eigenvalue weighted by molar-refractivity contribution is 0.103. The van der Waals surface area contributed by atoms with Crippen LogP contribution in [-0.4, -0.2) is 5.78 Å². The molecule has 92 valence electrons. The van der Waals surface area contributed by atoms with Crippen LogP contribution in [0.4, 0.5) is 4.39 Å². The van der Waals surface area contributed by atoms with Gasteiger partial charge in [0, 0.05) is 4.70 Å². The predicted octanol–water partition coefficient (Wildman–Crippen LogP) is 4.72. The summed E-state index contributed by atoms with van der Waals surface area (Å²) in [4.78, 5) is 13.0. The Morgan fingerprint density at radius 2 is 2.11 bits per heavy atom. The third kappa shape index (κ3) is 2.10. The highest BCUT2D eigenvalue weighted by Crippen LogP contribution is 2.30. The van der Waals surface area contributed by atoms with E-state index in [0.717, 1.165) is 39.8 Å². The van der Waals surface area contributed by atoms with E-state index in [0.29, 0.717) is 0 Å². The number of rotatable bonds is 2. The van der Waals surface area contributed by atoms with Crippen molar-refractivity contribution >= 4 is 27.2 Å². The average Bonchev–Trinajstić information content (AvgIpc) is 2.81. The van der Waals surface area contributed by atoms with Crippen LogP contribution in [0.1, 0.15) is 35.4 Å². The first kappa shape index (κ1) is 11.6. The molecule has 0 N–H and O–H groups in total. The van der Waals surface area contributed by atoms with E-state index >= 15 is 0 Å². The van der Waals surface area contributed by atoms with Gasteiger partial charge in [0.15, 0.2) is 5.78 Å². The molecule has 0 atom stereocenters. The van der Waals surface area contributed by atoms with Gasteiger partial charge in [-0.1, -0.05) is 6.08 Å². The number of fused-ring (bicyclic) bond motifs is 1. The van der Waals surface area contributed by atoms with Crippen LogP contribution in [0.3, 0.4) is 0 Å². The van der Waals surface area contributed by atoms with Gasteiger partial charge in [-0.15, -0.1) is 11.3 Å². The molecule has 0 spiro atoms. The lowest BCUT2D eigenvalue weighted by atomic mass is 9.96. The maximum Gasteiger partial charge on any atom is 0.198 e. The fourth-order valence-corrected chi connectivity index (χ4v) is 3.35. The first-order chi connectivity index (χ1) is 8.74. The van der Waals surface area contributed by atoms with Gasteiger partial charge in [0.1, 0.15) is 5.82 Å². The van der Waals surface area contributed by atoms with Crippen LogP contribution in [0, 0.1) is 5.82 Å². The van der Waals surface area contributed by atoms with Crippen molar-refractivity contribution in [2.45, 2.75) is 25.7 Å². The van der Waals surface area contributed by atoms with Gasteiger partial charge in [-0.3, -0.25) is 4.79 Å². The minimum atomic E-state index is -0.254. The minimum Gasteiger partial charge on any atom is -0.288 e.